The number of nitrogens with two attached hydrogens (primary N) is 1. The molecule has 3 rings (SSSR count). The smallest absolute Gasteiger partial charge is 0.360 e. The Kier molecular flexibility index (Phi) is 2.32. The maximum absolute atomic E-state index is 11.7. The van der Waals surface area contributed by atoms with E-state index >= 15 is 0 Å². The van der Waals surface area contributed by atoms with Crippen molar-refractivity contribution in [1.82, 2.24) is 9.38 Å². The SMILES string of the molecule is CCOC(=O)c1nc2sc3c(n2c1N)CCC3. The number of fused-ring (bicyclic) bond motifs is 3. The van der Waals surface area contributed by atoms with Crippen LogP contribution in [-0.4, -0.2) is 22.0 Å². The lowest BCUT2D eigenvalue weighted by atomic mass is 10.3. The van der Waals surface area contributed by atoms with Crippen LogP contribution < -0.4 is 5.73 Å². The van der Waals surface area contributed by atoms with Crippen LogP contribution in [0.1, 0.15) is 34.4 Å². The first kappa shape index (κ1) is 10.6. The third-order valence-corrected chi connectivity index (χ3v) is 4.12. The molecule has 0 unspecified atom stereocenters. The van der Waals surface area contributed by atoms with Crippen molar-refractivity contribution in [3.05, 3.63) is 16.3 Å². The van der Waals surface area contributed by atoms with E-state index in [1.807, 2.05) is 4.40 Å². The number of nitrogen functional groups attached to an aromatic ring is 1. The summed E-state index contributed by atoms with van der Waals surface area (Å²) in [4.78, 5) is 18.1. The van der Waals surface area contributed by atoms with E-state index < -0.39 is 5.97 Å². The predicted molar refractivity (Wildman–Crippen MR) is 65.5 cm³/mol. The third kappa shape index (κ3) is 1.44. The number of rotatable bonds is 2. The Labute approximate surface area is 102 Å². The number of imidazole rings is 1. The first-order valence-electron chi connectivity index (χ1n) is 5.68. The number of anilines is 1. The average Bonchev–Trinajstić information content (AvgIpc) is 2.90. The zero-order chi connectivity index (χ0) is 12.0. The lowest BCUT2D eigenvalue weighted by Crippen LogP contribution is -2.09. The van der Waals surface area contributed by atoms with E-state index in [9.17, 15) is 4.79 Å². The standard InChI is InChI=1S/C11H13N3O2S/c1-2-16-10(15)8-9(12)14-6-4-3-5-7(6)17-11(14)13-8/h2-5,12H2,1H3. The van der Waals surface area contributed by atoms with E-state index in [-0.39, 0.29) is 5.69 Å². The van der Waals surface area contributed by atoms with Gasteiger partial charge >= 0.3 is 5.97 Å². The fraction of sp³-hybridized carbons (Fsp3) is 0.455. The second-order valence-corrected chi connectivity index (χ2v) is 5.07. The van der Waals surface area contributed by atoms with Gasteiger partial charge in [-0.15, -0.1) is 11.3 Å². The van der Waals surface area contributed by atoms with Crippen LogP contribution in [0, 0.1) is 0 Å². The molecule has 1 aliphatic rings. The molecule has 2 aromatic heterocycles. The lowest BCUT2D eigenvalue weighted by molar-refractivity contribution is 0.0521. The zero-order valence-corrected chi connectivity index (χ0v) is 10.3. The summed E-state index contributed by atoms with van der Waals surface area (Å²) in [6.45, 7) is 2.10. The van der Waals surface area contributed by atoms with Gasteiger partial charge in [-0.2, -0.15) is 0 Å². The van der Waals surface area contributed by atoms with Crippen molar-refractivity contribution in [2.45, 2.75) is 26.2 Å². The first-order chi connectivity index (χ1) is 8.22. The minimum absolute atomic E-state index is 0.243. The molecule has 5 nitrogen and oxygen atoms in total. The highest BCUT2D eigenvalue weighted by Crippen LogP contribution is 2.33. The number of ether oxygens (including phenoxy) is 1. The summed E-state index contributed by atoms with van der Waals surface area (Å²) in [5, 5.41) is 0. The van der Waals surface area contributed by atoms with Crippen molar-refractivity contribution in [1.29, 1.82) is 0 Å². The number of thiazole rings is 1. The zero-order valence-electron chi connectivity index (χ0n) is 9.52. The van der Waals surface area contributed by atoms with Crippen molar-refractivity contribution in [2.75, 3.05) is 12.3 Å². The summed E-state index contributed by atoms with van der Waals surface area (Å²) in [6, 6.07) is 0. The third-order valence-electron chi connectivity index (χ3n) is 2.97. The quantitative estimate of drug-likeness (QED) is 0.824. The Morgan fingerprint density at radius 1 is 1.59 bits per heavy atom. The maximum Gasteiger partial charge on any atom is 0.360 e. The summed E-state index contributed by atoms with van der Waals surface area (Å²) in [6.07, 6.45) is 3.26. The molecular formula is C11H13N3O2S. The van der Waals surface area contributed by atoms with Crippen LogP contribution in [0.15, 0.2) is 0 Å². The summed E-state index contributed by atoms with van der Waals surface area (Å²) in [5.41, 5.74) is 7.45. The van der Waals surface area contributed by atoms with E-state index in [1.165, 1.54) is 10.6 Å². The lowest BCUT2D eigenvalue weighted by Gasteiger charge is -2.00. The van der Waals surface area contributed by atoms with E-state index in [2.05, 4.69) is 4.98 Å². The molecule has 0 spiro atoms. The molecule has 0 aliphatic heterocycles. The molecule has 0 bridgehead atoms. The van der Waals surface area contributed by atoms with Crippen LogP contribution >= 0.6 is 11.3 Å². The summed E-state index contributed by atoms with van der Waals surface area (Å²) in [7, 11) is 0. The van der Waals surface area contributed by atoms with Crippen LogP contribution in [0.3, 0.4) is 0 Å². The number of hydrogen-bond acceptors (Lipinski definition) is 5. The van der Waals surface area contributed by atoms with E-state index in [4.69, 9.17) is 10.5 Å². The van der Waals surface area contributed by atoms with Crippen molar-refractivity contribution >= 4 is 28.1 Å². The van der Waals surface area contributed by atoms with E-state index in [0.717, 1.165) is 24.2 Å². The number of esters is 1. The second kappa shape index (κ2) is 3.73. The molecule has 1 aliphatic carbocycles. The maximum atomic E-state index is 11.7. The van der Waals surface area contributed by atoms with Gasteiger partial charge in [0.15, 0.2) is 10.7 Å². The van der Waals surface area contributed by atoms with Crippen molar-refractivity contribution in [2.24, 2.45) is 0 Å². The molecule has 0 atom stereocenters. The van der Waals surface area contributed by atoms with Crippen LogP contribution in [0.5, 0.6) is 0 Å². The molecular weight excluding hydrogens is 238 g/mol. The van der Waals surface area contributed by atoms with Crippen LogP contribution in [0.25, 0.3) is 4.96 Å². The molecule has 0 fully saturated rings. The van der Waals surface area contributed by atoms with Crippen LogP contribution in [-0.2, 0) is 17.6 Å². The molecule has 2 aromatic rings. The van der Waals surface area contributed by atoms with Crippen molar-refractivity contribution in [3.63, 3.8) is 0 Å². The van der Waals surface area contributed by atoms with Crippen molar-refractivity contribution < 1.29 is 9.53 Å². The van der Waals surface area contributed by atoms with Gasteiger partial charge in [-0.1, -0.05) is 0 Å². The number of nitrogens with zero attached hydrogens (tertiary/aromatic N) is 2. The largest absolute Gasteiger partial charge is 0.461 e. The molecule has 0 amide bonds. The summed E-state index contributed by atoms with van der Waals surface area (Å²) >= 11 is 1.62. The molecule has 90 valence electrons. The van der Waals surface area contributed by atoms with Gasteiger partial charge in [0, 0.05) is 10.6 Å². The fourth-order valence-electron chi connectivity index (χ4n) is 2.25. The van der Waals surface area contributed by atoms with E-state index in [1.54, 1.807) is 18.3 Å². The Morgan fingerprint density at radius 3 is 3.18 bits per heavy atom. The van der Waals surface area contributed by atoms with E-state index in [0.29, 0.717) is 12.4 Å². The molecule has 0 saturated carbocycles. The number of carbonyl (C=O) groups is 1. The molecule has 6 heteroatoms. The van der Waals surface area contributed by atoms with Gasteiger partial charge in [-0.25, -0.2) is 9.78 Å². The summed E-state index contributed by atoms with van der Waals surface area (Å²) < 4.78 is 6.84. The molecule has 2 N–H and O–H groups in total. The Hall–Kier alpha value is -1.56. The summed E-state index contributed by atoms with van der Waals surface area (Å²) in [5.74, 6) is -0.0227. The Balaban J connectivity index is 2.14. The molecule has 0 saturated heterocycles. The minimum atomic E-state index is -0.437. The van der Waals surface area contributed by atoms with Gasteiger partial charge in [-0.05, 0) is 26.2 Å². The number of carbonyl (C=O) groups excluding carboxylic acids is 1. The topological polar surface area (TPSA) is 69.6 Å². The number of aryl methyl sites for hydroxylation is 2. The molecule has 0 aromatic carbocycles. The molecule has 2 heterocycles. The minimum Gasteiger partial charge on any atom is -0.461 e. The normalized spacial score (nSPS) is 14.2. The van der Waals surface area contributed by atoms with Gasteiger partial charge in [0.1, 0.15) is 5.82 Å². The van der Waals surface area contributed by atoms with Crippen LogP contribution in [0.2, 0.25) is 0 Å². The van der Waals surface area contributed by atoms with Crippen molar-refractivity contribution in [3.8, 4) is 0 Å². The van der Waals surface area contributed by atoms with Gasteiger partial charge in [0.05, 0.1) is 6.61 Å². The molecule has 17 heavy (non-hydrogen) atoms. The average molecular weight is 251 g/mol. The van der Waals surface area contributed by atoms with Crippen LogP contribution in [0.4, 0.5) is 5.82 Å². The monoisotopic (exact) mass is 251 g/mol. The highest BCUT2D eigenvalue weighted by Gasteiger charge is 2.25. The fourth-order valence-corrected chi connectivity index (χ4v) is 3.46. The predicted octanol–water partition coefficient (Wildman–Crippen LogP) is 1.64. The molecule has 0 radical (unpaired) electrons. The van der Waals surface area contributed by atoms with Gasteiger partial charge in [-0.3, -0.25) is 4.40 Å². The Bertz CT molecular complexity index is 599. The van der Waals surface area contributed by atoms with Gasteiger partial charge in [0.25, 0.3) is 0 Å². The Morgan fingerprint density at radius 2 is 2.41 bits per heavy atom. The number of aromatic nitrogens is 2. The van der Waals surface area contributed by atoms with Gasteiger partial charge in [0.2, 0.25) is 0 Å². The second-order valence-electron chi connectivity index (χ2n) is 4.01. The highest BCUT2D eigenvalue weighted by molar-refractivity contribution is 7.17. The number of hydrogen-bond donors (Lipinski definition) is 1. The van der Waals surface area contributed by atoms with Gasteiger partial charge < -0.3 is 10.5 Å². The highest BCUT2D eigenvalue weighted by atomic mass is 32.1. The first-order valence-corrected chi connectivity index (χ1v) is 6.49.